The highest BCUT2D eigenvalue weighted by Crippen LogP contribution is 2.34. The summed E-state index contributed by atoms with van der Waals surface area (Å²) < 4.78 is 50.5. The van der Waals surface area contributed by atoms with E-state index in [0.717, 1.165) is 55.6 Å². The number of nitrogens with one attached hydrogen (secondary N) is 2. The molecular formula is C34H41F3N10O2. The molecule has 0 saturated carbocycles. The second-order valence-electron chi connectivity index (χ2n) is 12.8. The molecule has 4 aromatic heterocycles. The number of piperazine rings is 1. The zero-order chi connectivity index (χ0) is 34.9. The van der Waals surface area contributed by atoms with Crippen LogP contribution < -0.4 is 10.1 Å². The number of amides is 2. The van der Waals surface area contributed by atoms with Gasteiger partial charge in [0.1, 0.15) is 17.1 Å². The average Bonchev–Trinajstić information content (AvgIpc) is 3.70. The lowest BCUT2D eigenvalue weighted by molar-refractivity contribution is -0.0893. The fourth-order valence-electron chi connectivity index (χ4n) is 6.38. The summed E-state index contributed by atoms with van der Waals surface area (Å²) in [6.45, 7) is 11.9. The maximum absolute atomic E-state index is 14.2. The van der Waals surface area contributed by atoms with Crippen molar-refractivity contribution in [1.29, 1.82) is 0 Å². The third-order valence-corrected chi connectivity index (χ3v) is 8.95. The molecule has 2 N–H and O–H groups in total. The molecule has 15 heteroatoms. The number of carbonyl (C=O) groups is 1. The summed E-state index contributed by atoms with van der Waals surface area (Å²) in [5.41, 5.74) is 3.12. The maximum atomic E-state index is 14.2. The standard InChI is InChI=1S/C34H41F3N10O2/c1-6-45-9-11-46(12-10-45)17-21(2)27(34(35,36)37)13-23(4)41-33(48)47-18-22(3)29-24(20-47)14-26(16-39-29)49-28-7-8-38-32-30(28)42-31(43-32)25-15-40-44(5)19-25/h7-8,13-16,19,22H,6,9-12,17-18,20H2,1-5H3,(H,41,48)(H,38,42,43)/b23-13+,27-21-. The van der Waals surface area contributed by atoms with Crippen molar-refractivity contribution in [1.82, 2.24) is 49.7 Å². The predicted octanol–water partition coefficient (Wildman–Crippen LogP) is 5.59. The normalized spacial score (nSPS) is 18.4. The van der Waals surface area contributed by atoms with Gasteiger partial charge in [-0.05, 0) is 43.7 Å². The minimum Gasteiger partial charge on any atom is -0.453 e. The van der Waals surface area contributed by atoms with Crippen LogP contribution in [0.1, 0.15) is 44.9 Å². The number of urea groups is 1. The molecule has 12 nitrogen and oxygen atoms in total. The van der Waals surface area contributed by atoms with Crippen molar-refractivity contribution < 1.29 is 22.7 Å². The van der Waals surface area contributed by atoms with Crippen LogP contribution in [0.2, 0.25) is 0 Å². The summed E-state index contributed by atoms with van der Waals surface area (Å²) >= 11 is 0. The number of aryl methyl sites for hydroxylation is 1. The first-order valence-electron chi connectivity index (χ1n) is 16.3. The lowest BCUT2D eigenvalue weighted by Gasteiger charge is -2.34. The van der Waals surface area contributed by atoms with Gasteiger partial charge in [0.05, 0.1) is 29.2 Å². The first-order valence-corrected chi connectivity index (χ1v) is 16.3. The van der Waals surface area contributed by atoms with Gasteiger partial charge in [-0.25, -0.2) is 14.8 Å². The van der Waals surface area contributed by atoms with E-state index in [4.69, 9.17) is 4.74 Å². The summed E-state index contributed by atoms with van der Waals surface area (Å²) in [6, 6.07) is 3.07. The fourth-order valence-corrected chi connectivity index (χ4v) is 6.38. The molecule has 1 fully saturated rings. The van der Waals surface area contributed by atoms with Gasteiger partial charge >= 0.3 is 12.2 Å². The van der Waals surface area contributed by atoms with Crippen LogP contribution in [0.25, 0.3) is 22.6 Å². The van der Waals surface area contributed by atoms with Crippen molar-refractivity contribution in [3.05, 3.63) is 71.1 Å². The minimum absolute atomic E-state index is 0.101. The summed E-state index contributed by atoms with van der Waals surface area (Å²) in [5.74, 6) is 1.46. The van der Waals surface area contributed by atoms with E-state index in [1.807, 2.05) is 31.1 Å². The molecule has 0 aromatic carbocycles. The molecule has 4 aromatic rings. The zero-order valence-electron chi connectivity index (χ0n) is 28.3. The number of H-pyrrole nitrogens is 1. The van der Waals surface area contributed by atoms with Gasteiger partial charge in [-0.15, -0.1) is 0 Å². The fraction of sp³-hybridized carbons (Fsp3) is 0.441. The molecular weight excluding hydrogens is 637 g/mol. The molecule has 49 heavy (non-hydrogen) atoms. The Labute approximate surface area is 282 Å². The number of pyridine rings is 2. The largest absolute Gasteiger partial charge is 0.453 e. The van der Waals surface area contributed by atoms with Crippen LogP contribution in [0.3, 0.4) is 0 Å². The summed E-state index contributed by atoms with van der Waals surface area (Å²) in [6.07, 6.45) is 3.27. The van der Waals surface area contributed by atoms with E-state index in [9.17, 15) is 18.0 Å². The maximum Gasteiger partial charge on any atom is 0.416 e. The van der Waals surface area contributed by atoms with Gasteiger partial charge in [0.15, 0.2) is 11.4 Å². The van der Waals surface area contributed by atoms with Crippen molar-refractivity contribution >= 4 is 17.2 Å². The third-order valence-electron chi connectivity index (χ3n) is 8.95. The second-order valence-corrected chi connectivity index (χ2v) is 12.8. The first-order chi connectivity index (χ1) is 23.4. The van der Waals surface area contributed by atoms with Crippen LogP contribution in [0.4, 0.5) is 18.0 Å². The SMILES string of the molecule is CCN1CCN(C/C(C)=C(/C=C(\C)NC(=O)N2Cc3cc(Oc4ccnc5nc(-c6cnn(C)c6)[nH]c45)cnc3C(C)C2)C(F)(F)F)CC1. The second kappa shape index (κ2) is 14.0. The van der Waals surface area contributed by atoms with Gasteiger partial charge < -0.3 is 24.8 Å². The molecule has 6 heterocycles. The van der Waals surface area contributed by atoms with Crippen LogP contribution in [-0.2, 0) is 13.6 Å². The number of carbonyl (C=O) groups excluding carboxylic acids is 1. The molecule has 0 radical (unpaired) electrons. The quantitative estimate of drug-likeness (QED) is 0.232. The smallest absolute Gasteiger partial charge is 0.416 e. The van der Waals surface area contributed by atoms with Gasteiger partial charge in [-0.2, -0.15) is 18.3 Å². The van der Waals surface area contributed by atoms with E-state index in [2.05, 4.69) is 42.2 Å². The number of ether oxygens (including phenoxy) is 1. The van der Waals surface area contributed by atoms with Gasteiger partial charge in [0.25, 0.3) is 0 Å². The van der Waals surface area contributed by atoms with Gasteiger partial charge in [-0.3, -0.25) is 14.6 Å². The van der Waals surface area contributed by atoms with Gasteiger partial charge in [-0.1, -0.05) is 13.8 Å². The van der Waals surface area contributed by atoms with Crippen molar-refractivity contribution in [3.8, 4) is 22.9 Å². The van der Waals surface area contributed by atoms with E-state index < -0.39 is 17.8 Å². The third kappa shape index (κ3) is 7.78. The molecule has 1 saturated heterocycles. The van der Waals surface area contributed by atoms with Crippen molar-refractivity contribution in [2.24, 2.45) is 7.05 Å². The van der Waals surface area contributed by atoms with Gasteiger partial charge in [0.2, 0.25) is 0 Å². The van der Waals surface area contributed by atoms with E-state index in [0.29, 0.717) is 35.0 Å². The lowest BCUT2D eigenvalue weighted by atomic mass is 9.96. The summed E-state index contributed by atoms with van der Waals surface area (Å²) in [7, 11) is 1.82. The highest BCUT2D eigenvalue weighted by atomic mass is 19.4. The van der Waals surface area contributed by atoms with Crippen molar-refractivity contribution in [2.45, 2.75) is 46.3 Å². The topological polar surface area (TPSA) is 120 Å². The van der Waals surface area contributed by atoms with Crippen molar-refractivity contribution in [2.75, 3.05) is 45.8 Å². The Morgan fingerprint density at radius 3 is 2.59 bits per heavy atom. The van der Waals surface area contributed by atoms with Crippen LogP contribution >= 0.6 is 0 Å². The molecule has 0 spiro atoms. The minimum atomic E-state index is -4.56. The number of aromatic amines is 1. The highest BCUT2D eigenvalue weighted by molar-refractivity contribution is 5.81. The molecule has 1 unspecified atom stereocenters. The number of imidazole rings is 1. The van der Waals surface area contributed by atoms with E-state index in [-0.39, 0.29) is 30.3 Å². The van der Waals surface area contributed by atoms with E-state index >= 15 is 0 Å². The van der Waals surface area contributed by atoms with Crippen molar-refractivity contribution in [3.63, 3.8) is 0 Å². The predicted molar refractivity (Wildman–Crippen MR) is 179 cm³/mol. The Bertz CT molecular complexity index is 1890. The molecule has 2 aliphatic heterocycles. The molecule has 1 atom stereocenters. The number of aromatic nitrogens is 6. The number of nitrogens with zero attached hydrogens (tertiary/aromatic N) is 8. The lowest BCUT2D eigenvalue weighted by Crippen LogP contribution is -2.46. The Morgan fingerprint density at radius 2 is 1.90 bits per heavy atom. The molecule has 2 amide bonds. The summed E-state index contributed by atoms with van der Waals surface area (Å²) in [4.78, 5) is 36.1. The number of likely N-dealkylation sites (N-methyl/N-ethyl adjacent to an activating group) is 1. The van der Waals surface area contributed by atoms with E-state index in [1.54, 1.807) is 34.2 Å². The van der Waals surface area contributed by atoms with Crippen LogP contribution in [0.15, 0.2) is 59.8 Å². The Morgan fingerprint density at radius 1 is 1.14 bits per heavy atom. The number of allylic oxidation sites excluding steroid dienone is 3. The number of hydrogen-bond donors (Lipinski definition) is 2. The molecule has 0 aliphatic carbocycles. The summed E-state index contributed by atoms with van der Waals surface area (Å²) in [5, 5.41) is 6.88. The Hall–Kier alpha value is -4.76. The van der Waals surface area contributed by atoms with Crippen LogP contribution in [0, 0.1) is 0 Å². The number of rotatable bonds is 8. The molecule has 2 aliphatic rings. The monoisotopic (exact) mass is 678 g/mol. The van der Waals surface area contributed by atoms with Crippen LogP contribution in [0.5, 0.6) is 11.5 Å². The molecule has 6 rings (SSSR count). The molecule has 260 valence electrons. The molecule has 0 bridgehead atoms. The first kappa shape index (κ1) is 34.1. The Kier molecular flexibility index (Phi) is 9.75. The van der Waals surface area contributed by atoms with E-state index in [1.165, 1.54) is 13.8 Å². The number of fused-ring (bicyclic) bond motifs is 2. The number of halogens is 3. The Balaban J connectivity index is 1.15. The highest BCUT2D eigenvalue weighted by Gasteiger charge is 2.35. The number of hydrogen-bond acceptors (Lipinski definition) is 8. The zero-order valence-corrected chi connectivity index (χ0v) is 28.3. The number of alkyl halides is 3. The van der Waals surface area contributed by atoms with Gasteiger partial charge in [0, 0.05) is 82.9 Å². The average molecular weight is 679 g/mol. The van der Waals surface area contributed by atoms with Crippen LogP contribution in [-0.4, -0.2) is 102 Å².